The number of amides is 3. The fraction of sp³-hybridized carbons (Fsp3) is 0.478. The Bertz CT molecular complexity index is 1010. The van der Waals surface area contributed by atoms with Crippen LogP contribution in [0.5, 0.6) is 0 Å². The van der Waals surface area contributed by atoms with E-state index in [2.05, 4.69) is 15.5 Å². The van der Waals surface area contributed by atoms with Crippen LogP contribution in [-0.2, 0) is 4.79 Å². The molecule has 0 aliphatic carbocycles. The second kappa shape index (κ2) is 8.17. The summed E-state index contributed by atoms with van der Waals surface area (Å²) in [5.74, 6) is 0.00766. The number of likely N-dealkylation sites (tertiary alicyclic amines) is 2. The lowest BCUT2D eigenvalue weighted by atomic mass is 9.91. The number of carbonyl (C=O) groups is 3. The molecule has 0 unspecified atom stereocenters. The highest BCUT2D eigenvalue weighted by atomic mass is 16.2. The zero-order chi connectivity index (χ0) is 21.4. The molecule has 2 atom stereocenters. The monoisotopic (exact) mass is 421 g/mol. The number of fused-ring (bicyclic) bond motifs is 1. The summed E-state index contributed by atoms with van der Waals surface area (Å²) in [6.45, 7) is 2.85. The van der Waals surface area contributed by atoms with Gasteiger partial charge in [0.25, 0.3) is 11.8 Å². The lowest BCUT2D eigenvalue weighted by Gasteiger charge is -2.33. The topological polar surface area (TPSA) is 98.4 Å². The van der Waals surface area contributed by atoms with Gasteiger partial charge < -0.3 is 15.1 Å². The van der Waals surface area contributed by atoms with E-state index in [4.69, 9.17) is 0 Å². The van der Waals surface area contributed by atoms with Gasteiger partial charge in [-0.15, -0.1) is 0 Å². The van der Waals surface area contributed by atoms with Crippen molar-refractivity contribution in [2.45, 2.75) is 44.1 Å². The third-order valence-corrected chi connectivity index (χ3v) is 6.74. The van der Waals surface area contributed by atoms with Gasteiger partial charge in [-0.05, 0) is 37.3 Å². The molecule has 0 spiro atoms. The molecule has 2 aromatic rings. The van der Waals surface area contributed by atoms with E-state index >= 15 is 0 Å². The molecule has 4 heterocycles. The normalized spacial score (nSPS) is 23.0. The van der Waals surface area contributed by atoms with Crippen LogP contribution >= 0.6 is 0 Å². The molecule has 162 valence electrons. The Hall–Kier alpha value is -3.16. The number of aromatic nitrogens is 2. The number of piperidine rings is 1. The molecule has 3 amide bonds. The summed E-state index contributed by atoms with van der Waals surface area (Å²) < 4.78 is 0. The molecule has 0 saturated carbocycles. The largest absolute Gasteiger partial charge is 0.345 e. The molecule has 2 saturated heterocycles. The van der Waals surface area contributed by atoms with Crippen molar-refractivity contribution in [3.8, 4) is 0 Å². The minimum absolute atomic E-state index is 0.0265. The average molecular weight is 422 g/mol. The van der Waals surface area contributed by atoms with Gasteiger partial charge in [0.2, 0.25) is 5.91 Å². The molecule has 31 heavy (non-hydrogen) atoms. The quantitative estimate of drug-likeness (QED) is 0.791. The van der Waals surface area contributed by atoms with Crippen molar-refractivity contribution in [3.05, 3.63) is 52.8 Å². The van der Waals surface area contributed by atoms with E-state index in [0.717, 1.165) is 50.0 Å². The summed E-state index contributed by atoms with van der Waals surface area (Å²) in [5, 5.41) is 10.1. The van der Waals surface area contributed by atoms with E-state index < -0.39 is 0 Å². The van der Waals surface area contributed by atoms with E-state index in [9.17, 15) is 14.4 Å². The van der Waals surface area contributed by atoms with Crippen molar-refractivity contribution in [2.24, 2.45) is 0 Å². The number of hydrogen-bond acceptors (Lipinski definition) is 4. The molecule has 8 heteroatoms. The fourth-order valence-electron chi connectivity index (χ4n) is 5.09. The van der Waals surface area contributed by atoms with Crippen molar-refractivity contribution in [1.82, 2.24) is 25.3 Å². The van der Waals surface area contributed by atoms with Gasteiger partial charge in [0.1, 0.15) is 0 Å². The van der Waals surface area contributed by atoms with E-state index in [0.29, 0.717) is 24.2 Å². The first kappa shape index (κ1) is 19.8. The van der Waals surface area contributed by atoms with Gasteiger partial charge in [0, 0.05) is 37.7 Å². The van der Waals surface area contributed by atoms with Crippen LogP contribution in [-0.4, -0.2) is 63.9 Å². The van der Waals surface area contributed by atoms with Crippen molar-refractivity contribution < 1.29 is 14.4 Å². The smallest absolute Gasteiger partial charge is 0.257 e. The van der Waals surface area contributed by atoms with Crippen molar-refractivity contribution >= 4 is 17.7 Å². The fourth-order valence-corrected chi connectivity index (χ4v) is 5.09. The Kier molecular flexibility index (Phi) is 5.21. The number of aromatic amines is 1. The molecular weight excluding hydrogens is 394 g/mol. The predicted molar refractivity (Wildman–Crippen MR) is 114 cm³/mol. The average Bonchev–Trinajstić information content (AvgIpc) is 3.55. The zero-order valence-electron chi connectivity index (χ0n) is 17.5. The highest BCUT2D eigenvalue weighted by Gasteiger charge is 2.34. The maximum absolute atomic E-state index is 13.1. The number of H-pyrrole nitrogens is 1. The maximum atomic E-state index is 13.1. The molecule has 3 aliphatic rings. The van der Waals surface area contributed by atoms with Gasteiger partial charge >= 0.3 is 0 Å². The second-order valence-electron chi connectivity index (χ2n) is 8.69. The van der Waals surface area contributed by atoms with Crippen LogP contribution in [0.2, 0.25) is 0 Å². The van der Waals surface area contributed by atoms with Crippen molar-refractivity contribution in [3.63, 3.8) is 0 Å². The Morgan fingerprint density at radius 2 is 1.84 bits per heavy atom. The van der Waals surface area contributed by atoms with Crippen LogP contribution in [0, 0.1) is 0 Å². The van der Waals surface area contributed by atoms with Crippen molar-refractivity contribution in [1.29, 1.82) is 0 Å². The Balaban J connectivity index is 1.27. The number of nitrogens with one attached hydrogen (secondary N) is 2. The third-order valence-electron chi connectivity index (χ3n) is 6.74. The number of nitrogens with zero attached hydrogens (tertiary/aromatic N) is 3. The van der Waals surface area contributed by atoms with Crippen molar-refractivity contribution in [2.75, 3.05) is 26.2 Å². The van der Waals surface area contributed by atoms with Gasteiger partial charge in [-0.2, -0.15) is 5.10 Å². The lowest BCUT2D eigenvalue weighted by Crippen LogP contribution is -2.41. The molecule has 8 nitrogen and oxygen atoms in total. The van der Waals surface area contributed by atoms with Gasteiger partial charge in [-0.1, -0.05) is 18.2 Å². The zero-order valence-corrected chi connectivity index (χ0v) is 17.5. The summed E-state index contributed by atoms with van der Waals surface area (Å²) >= 11 is 0. The SMILES string of the molecule is O=C1N[C@H](CC(=O)N2CCC[C@H](c3[nH]ncc3C(=O)N3CCCC3)C2)c2ccccc21. The van der Waals surface area contributed by atoms with Gasteiger partial charge in [0.15, 0.2) is 0 Å². The molecule has 0 bridgehead atoms. The first-order chi connectivity index (χ1) is 15.1. The summed E-state index contributed by atoms with van der Waals surface area (Å²) in [5.41, 5.74) is 3.02. The first-order valence-corrected chi connectivity index (χ1v) is 11.1. The van der Waals surface area contributed by atoms with Crippen LogP contribution < -0.4 is 5.32 Å². The second-order valence-corrected chi connectivity index (χ2v) is 8.69. The summed E-state index contributed by atoms with van der Waals surface area (Å²) in [7, 11) is 0. The maximum Gasteiger partial charge on any atom is 0.257 e. The molecule has 0 radical (unpaired) electrons. The molecular formula is C23H27N5O3. The predicted octanol–water partition coefficient (Wildman–Crippen LogP) is 2.23. The molecule has 2 fully saturated rings. The van der Waals surface area contributed by atoms with Gasteiger partial charge in [0.05, 0.1) is 29.9 Å². The standard InChI is InChI=1S/C23H27N5O3/c29-20(12-19-16-7-1-2-8-17(16)22(30)25-19)28-11-5-6-15(14-28)21-18(13-24-26-21)23(31)27-9-3-4-10-27/h1-2,7-8,13,15,19H,3-6,9-12,14H2,(H,24,26)(H,25,30)/t15-,19+/m0/s1. The Labute approximate surface area is 181 Å². The summed E-state index contributed by atoms with van der Waals surface area (Å²) in [6.07, 6.45) is 5.76. The van der Waals surface area contributed by atoms with E-state index in [1.165, 1.54) is 0 Å². The van der Waals surface area contributed by atoms with E-state index in [1.54, 1.807) is 12.3 Å². The molecule has 3 aliphatic heterocycles. The molecule has 1 aromatic carbocycles. The summed E-state index contributed by atoms with van der Waals surface area (Å²) in [4.78, 5) is 41.9. The number of benzene rings is 1. The Morgan fingerprint density at radius 1 is 1.06 bits per heavy atom. The highest BCUT2D eigenvalue weighted by molar-refractivity contribution is 5.99. The molecule has 2 N–H and O–H groups in total. The van der Waals surface area contributed by atoms with Crippen LogP contribution in [0.4, 0.5) is 0 Å². The van der Waals surface area contributed by atoms with Gasteiger partial charge in [-0.3, -0.25) is 19.5 Å². The third kappa shape index (κ3) is 3.71. The van der Waals surface area contributed by atoms with E-state index in [1.807, 2.05) is 28.0 Å². The van der Waals surface area contributed by atoms with Crippen LogP contribution in [0.1, 0.15) is 76.0 Å². The van der Waals surface area contributed by atoms with E-state index in [-0.39, 0.29) is 36.1 Å². The minimum atomic E-state index is -0.281. The summed E-state index contributed by atoms with van der Waals surface area (Å²) in [6, 6.07) is 7.15. The molecule has 1 aromatic heterocycles. The van der Waals surface area contributed by atoms with Crippen LogP contribution in [0.3, 0.4) is 0 Å². The number of hydrogen-bond donors (Lipinski definition) is 2. The van der Waals surface area contributed by atoms with Gasteiger partial charge in [-0.25, -0.2) is 0 Å². The van der Waals surface area contributed by atoms with Crippen LogP contribution in [0.15, 0.2) is 30.5 Å². The minimum Gasteiger partial charge on any atom is -0.345 e. The lowest BCUT2D eigenvalue weighted by molar-refractivity contribution is -0.132. The van der Waals surface area contributed by atoms with Crippen LogP contribution in [0.25, 0.3) is 0 Å². The number of carbonyl (C=O) groups excluding carboxylic acids is 3. The highest BCUT2D eigenvalue weighted by Crippen LogP contribution is 2.32. The number of rotatable bonds is 4. The molecule has 5 rings (SSSR count). The Morgan fingerprint density at radius 3 is 2.68 bits per heavy atom. The first-order valence-electron chi connectivity index (χ1n) is 11.1.